The molecule has 4 nitrogen and oxygen atoms in total. The zero-order valence-electron chi connectivity index (χ0n) is 11.1. The number of carbonyl (C=O) groups excluding carboxylic acids is 1. The summed E-state index contributed by atoms with van der Waals surface area (Å²) < 4.78 is 37.8. The van der Waals surface area contributed by atoms with Crippen molar-refractivity contribution in [2.45, 2.75) is 19.0 Å². The molecule has 1 aliphatic heterocycles. The Kier molecular flexibility index (Phi) is 4.20. The summed E-state index contributed by atoms with van der Waals surface area (Å²) in [6.45, 7) is 0.446. The molecular weight excluding hydrogens is 287 g/mol. The first-order chi connectivity index (χ1) is 9.77. The van der Waals surface area contributed by atoms with Crippen molar-refractivity contribution in [1.82, 2.24) is 4.90 Å². The van der Waals surface area contributed by atoms with E-state index >= 15 is 0 Å². The summed E-state index contributed by atoms with van der Waals surface area (Å²) in [6.07, 6.45) is -4.22. The molecule has 0 unspecified atom stereocenters. The minimum absolute atomic E-state index is 0.118. The van der Waals surface area contributed by atoms with Gasteiger partial charge in [0.05, 0.1) is 17.9 Å². The largest absolute Gasteiger partial charge is 0.481 e. The number of aliphatic carboxylic acids is 1. The van der Waals surface area contributed by atoms with Gasteiger partial charge in [-0.25, -0.2) is 0 Å². The summed E-state index contributed by atoms with van der Waals surface area (Å²) in [5.41, 5.74) is -0.522. The van der Waals surface area contributed by atoms with E-state index < -0.39 is 23.6 Å². The third-order valence-electron chi connectivity index (χ3n) is 3.50. The molecule has 1 fully saturated rings. The first-order valence-electron chi connectivity index (χ1n) is 6.44. The van der Waals surface area contributed by atoms with Gasteiger partial charge >= 0.3 is 12.1 Å². The van der Waals surface area contributed by atoms with E-state index in [0.717, 1.165) is 12.1 Å². The van der Waals surface area contributed by atoms with Crippen LogP contribution >= 0.6 is 0 Å². The van der Waals surface area contributed by atoms with Gasteiger partial charge in [0.25, 0.3) is 0 Å². The molecule has 1 atom stereocenters. The number of carboxylic acids is 1. The molecule has 0 bridgehead atoms. The van der Waals surface area contributed by atoms with Gasteiger partial charge in [-0.05, 0) is 18.1 Å². The van der Waals surface area contributed by atoms with Crippen molar-refractivity contribution >= 4 is 11.9 Å². The van der Waals surface area contributed by atoms with E-state index in [1.165, 1.54) is 17.0 Å². The molecule has 1 heterocycles. The Labute approximate surface area is 119 Å². The van der Waals surface area contributed by atoms with Gasteiger partial charge in [-0.2, -0.15) is 13.2 Å². The first kappa shape index (κ1) is 15.3. The molecule has 1 saturated heterocycles. The van der Waals surface area contributed by atoms with E-state index in [1.807, 2.05) is 0 Å². The summed E-state index contributed by atoms with van der Waals surface area (Å²) in [5, 5.41) is 8.87. The van der Waals surface area contributed by atoms with Gasteiger partial charge in [-0.1, -0.05) is 18.2 Å². The molecular formula is C14H14F3NO3. The molecule has 1 aromatic carbocycles. The number of likely N-dealkylation sites (tertiary alicyclic amines) is 1. The molecule has 0 radical (unpaired) electrons. The molecule has 1 amide bonds. The lowest BCUT2D eigenvalue weighted by molar-refractivity contribution is -0.141. The highest BCUT2D eigenvalue weighted by Crippen LogP contribution is 2.29. The van der Waals surface area contributed by atoms with Gasteiger partial charge in [-0.15, -0.1) is 0 Å². The van der Waals surface area contributed by atoms with Crippen molar-refractivity contribution in [3.8, 4) is 0 Å². The molecule has 2 rings (SSSR count). The fraction of sp³-hybridized carbons (Fsp3) is 0.429. The smallest absolute Gasteiger partial charge is 0.416 e. The van der Waals surface area contributed by atoms with Crippen molar-refractivity contribution in [3.63, 3.8) is 0 Å². The van der Waals surface area contributed by atoms with Crippen LogP contribution in [0.15, 0.2) is 24.3 Å². The second-order valence-electron chi connectivity index (χ2n) is 5.04. The number of hydrogen-bond acceptors (Lipinski definition) is 2. The number of carboxylic acid groups (broad SMARTS) is 1. The van der Waals surface area contributed by atoms with Crippen LogP contribution in [0.2, 0.25) is 0 Å². The lowest BCUT2D eigenvalue weighted by Gasteiger charge is -2.16. The van der Waals surface area contributed by atoms with Gasteiger partial charge in [-0.3, -0.25) is 9.59 Å². The number of hydrogen-bond donors (Lipinski definition) is 1. The number of carbonyl (C=O) groups is 2. The second-order valence-corrected chi connectivity index (χ2v) is 5.04. The van der Waals surface area contributed by atoms with Crippen molar-refractivity contribution in [2.75, 3.05) is 13.1 Å². The van der Waals surface area contributed by atoms with Gasteiger partial charge in [0.1, 0.15) is 0 Å². The fourth-order valence-electron chi connectivity index (χ4n) is 2.33. The average Bonchev–Trinajstić information content (AvgIpc) is 2.88. The summed E-state index contributed by atoms with van der Waals surface area (Å²) >= 11 is 0. The number of nitrogens with zero attached hydrogens (tertiary/aromatic N) is 1. The summed E-state index contributed by atoms with van der Waals surface area (Å²) in [5.74, 6) is -1.89. The quantitative estimate of drug-likeness (QED) is 0.931. The monoisotopic (exact) mass is 301 g/mol. The van der Waals surface area contributed by atoms with Crippen LogP contribution < -0.4 is 0 Å². The average molecular weight is 301 g/mol. The fourth-order valence-corrected chi connectivity index (χ4v) is 2.33. The number of halogens is 3. The van der Waals surface area contributed by atoms with Crippen LogP contribution in [-0.2, 0) is 22.2 Å². The van der Waals surface area contributed by atoms with Crippen molar-refractivity contribution < 1.29 is 27.9 Å². The van der Waals surface area contributed by atoms with Crippen LogP contribution in [0.1, 0.15) is 17.5 Å². The zero-order chi connectivity index (χ0) is 15.6. The molecule has 1 aliphatic rings. The molecule has 1 N–H and O–H groups in total. The van der Waals surface area contributed by atoms with Crippen LogP contribution in [0, 0.1) is 5.92 Å². The van der Waals surface area contributed by atoms with Crippen molar-refractivity contribution in [2.24, 2.45) is 5.92 Å². The summed E-state index contributed by atoms with van der Waals surface area (Å²) in [7, 11) is 0. The highest BCUT2D eigenvalue weighted by Gasteiger charge is 2.32. The Morgan fingerprint density at radius 1 is 1.33 bits per heavy atom. The predicted molar refractivity (Wildman–Crippen MR) is 67.5 cm³/mol. The normalized spacial score (nSPS) is 18.8. The molecule has 0 saturated carbocycles. The minimum atomic E-state index is -4.44. The summed E-state index contributed by atoms with van der Waals surface area (Å²) in [6, 6.07) is 4.61. The van der Waals surface area contributed by atoms with Crippen molar-refractivity contribution in [1.29, 1.82) is 0 Å². The Morgan fingerprint density at radius 2 is 2.05 bits per heavy atom. The van der Waals surface area contributed by atoms with E-state index in [-0.39, 0.29) is 24.4 Å². The molecule has 0 aliphatic carbocycles. The number of rotatable bonds is 3. The van der Waals surface area contributed by atoms with Gasteiger partial charge in [0.2, 0.25) is 5.91 Å². The molecule has 0 aromatic heterocycles. The van der Waals surface area contributed by atoms with Crippen LogP contribution in [0.5, 0.6) is 0 Å². The predicted octanol–water partition coefficient (Wildman–Crippen LogP) is 2.18. The van der Waals surface area contributed by atoms with Crippen LogP contribution in [0.3, 0.4) is 0 Å². The molecule has 7 heteroatoms. The van der Waals surface area contributed by atoms with E-state index in [0.29, 0.717) is 13.0 Å². The standard InChI is InChI=1S/C14H14F3NO3/c15-14(16,17)11-3-1-2-9(6-11)7-12(19)18-5-4-10(8-18)13(20)21/h1-3,6,10H,4-5,7-8H2,(H,20,21)/t10-/m0/s1. The van der Waals surface area contributed by atoms with Crippen molar-refractivity contribution in [3.05, 3.63) is 35.4 Å². The van der Waals surface area contributed by atoms with Crippen LogP contribution in [0.25, 0.3) is 0 Å². The third kappa shape index (κ3) is 3.74. The minimum Gasteiger partial charge on any atom is -0.481 e. The van der Waals surface area contributed by atoms with E-state index in [9.17, 15) is 22.8 Å². The van der Waals surface area contributed by atoms with Gasteiger partial charge in [0, 0.05) is 13.1 Å². The first-order valence-corrected chi connectivity index (χ1v) is 6.44. The maximum atomic E-state index is 12.6. The Bertz CT molecular complexity index is 557. The highest BCUT2D eigenvalue weighted by atomic mass is 19.4. The van der Waals surface area contributed by atoms with Crippen LogP contribution in [0.4, 0.5) is 13.2 Å². The number of amides is 1. The number of benzene rings is 1. The SMILES string of the molecule is O=C(O)[C@H]1CCN(C(=O)Cc2cccc(C(F)(F)F)c2)C1. The summed E-state index contributed by atoms with van der Waals surface area (Å²) in [4.78, 5) is 24.2. The molecule has 21 heavy (non-hydrogen) atoms. The van der Waals surface area contributed by atoms with E-state index in [2.05, 4.69) is 0 Å². The molecule has 114 valence electrons. The topological polar surface area (TPSA) is 57.6 Å². The van der Waals surface area contributed by atoms with Gasteiger partial charge < -0.3 is 10.0 Å². The van der Waals surface area contributed by atoms with E-state index in [1.54, 1.807) is 0 Å². The second kappa shape index (κ2) is 5.75. The third-order valence-corrected chi connectivity index (χ3v) is 3.50. The maximum Gasteiger partial charge on any atom is 0.416 e. The highest BCUT2D eigenvalue weighted by molar-refractivity contribution is 5.80. The lowest BCUT2D eigenvalue weighted by atomic mass is 10.1. The van der Waals surface area contributed by atoms with Crippen LogP contribution in [-0.4, -0.2) is 35.0 Å². The zero-order valence-corrected chi connectivity index (χ0v) is 11.1. The molecule has 0 spiro atoms. The van der Waals surface area contributed by atoms with E-state index in [4.69, 9.17) is 5.11 Å². The Hall–Kier alpha value is -2.05. The Morgan fingerprint density at radius 3 is 2.62 bits per heavy atom. The molecule has 1 aromatic rings. The number of alkyl halides is 3. The van der Waals surface area contributed by atoms with Gasteiger partial charge in [0.15, 0.2) is 0 Å². The lowest BCUT2D eigenvalue weighted by Crippen LogP contribution is -2.31. The maximum absolute atomic E-state index is 12.6. The Balaban J connectivity index is 2.02.